The first-order valence-corrected chi connectivity index (χ1v) is 6.72. The van der Waals surface area contributed by atoms with Crippen molar-refractivity contribution in [2.75, 3.05) is 6.54 Å². The first-order valence-electron chi connectivity index (χ1n) is 6.72. The zero-order valence-corrected chi connectivity index (χ0v) is 13.0. The third-order valence-electron chi connectivity index (χ3n) is 5.05. The average Bonchev–Trinajstić information content (AvgIpc) is 2.61. The number of nitrogens with one attached hydrogen (secondary N) is 1. The van der Waals surface area contributed by atoms with Gasteiger partial charge in [-0.1, -0.05) is 27.7 Å². The van der Waals surface area contributed by atoms with E-state index >= 15 is 0 Å². The van der Waals surface area contributed by atoms with Crippen LogP contribution < -0.4 is 5.32 Å². The molecule has 5 nitrogen and oxygen atoms in total. The van der Waals surface area contributed by atoms with Crippen LogP contribution in [0.4, 0.5) is 4.79 Å². The summed E-state index contributed by atoms with van der Waals surface area (Å²) in [6.45, 7) is 13.7. The summed E-state index contributed by atoms with van der Waals surface area (Å²) < 4.78 is 0. The highest BCUT2D eigenvalue weighted by Crippen LogP contribution is 2.62. The predicted molar refractivity (Wildman–Crippen MR) is 74.0 cm³/mol. The van der Waals surface area contributed by atoms with Gasteiger partial charge in [0.15, 0.2) is 0 Å². The van der Waals surface area contributed by atoms with Crippen LogP contribution in [0.1, 0.15) is 48.5 Å². The van der Waals surface area contributed by atoms with Gasteiger partial charge in [0.2, 0.25) is 0 Å². The Labute approximate surface area is 115 Å². The second-order valence-corrected chi connectivity index (χ2v) is 6.93. The Balaban J connectivity index is 2.81. The molecule has 1 fully saturated rings. The average molecular weight is 270 g/mol. The van der Waals surface area contributed by atoms with Crippen LogP contribution in [0.15, 0.2) is 0 Å². The largest absolute Gasteiger partial charge is 0.480 e. The Kier molecular flexibility index (Phi) is 3.65. The smallest absolute Gasteiger partial charge is 0.329 e. The summed E-state index contributed by atoms with van der Waals surface area (Å²) in [6, 6.07) is -0.232. The van der Waals surface area contributed by atoms with Crippen molar-refractivity contribution in [2.24, 2.45) is 10.8 Å². The van der Waals surface area contributed by atoms with E-state index in [1.54, 1.807) is 20.8 Å². The molecule has 0 spiro atoms. The molecule has 1 aliphatic carbocycles. The number of carboxylic acid groups (broad SMARTS) is 1. The number of nitrogens with zero attached hydrogens (tertiary/aromatic N) is 1. The Morgan fingerprint density at radius 3 is 1.89 bits per heavy atom. The van der Waals surface area contributed by atoms with Gasteiger partial charge in [0.25, 0.3) is 0 Å². The van der Waals surface area contributed by atoms with Crippen LogP contribution in [0.2, 0.25) is 0 Å². The predicted octanol–water partition coefficient (Wildman–Crippen LogP) is 2.32. The molecule has 0 aliphatic heterocycles. The molecule has 1 aliphatic rings. The van der Waals surface area contributed by atoms with Crippen LogP contribution in [0, 0.1) is 10.8 Å². The molecule has 0 aromatic heterocycles. The summed E-state index contributed by atoms with van der Waals surface area (Å²) in [7, 11) is 0. The van der Waals surface area contributed by atoms with Gasteiger partial charge in [-0.15, -0.1) is 0 Å². The maximum absolute atomic E-state index is 12.3. The van der Waals surface area contributed by atoms with Gasteiger partial charge in [-0.05, 0) is 31.6 Å². The molecule has 2 N–H and O–H groups in total. The normalized spacial score (nSPS) is 20.8. The van der Waals surface area contributed by atoms with E-state index in [1.807, 2.05) is 0 Å². The Morgan fingerprint density at radius 2 is 1.63 bits per heavy atom. The number of likely N-dealkylation sites (N-methyl/N-ethyl adjacent to an activating group) is 1. The van der Waals surface area contributed by atoms with E-state index in [0.29, 0.717) is 6.54 Å². The van der Waals surface area contributed by atoms with Crippen LogP contribution in [0.3, 0.4) is 0 Å². The highest BCUT2D eigenvalue weighted by Gasteiger charge is 2.65. The molecular weight excluding hydrogens is 244 g/mol. The number of rotatable bonds is 4. The van der Waals surface area contributed by atoms with E-state index in [2.05, 4.69) is 33.0 Å². The molecule has 5 heteroatoms. The van der Waals surface area contributed by atoms with E-state index in [4.69, 9.17) is 0 Å². The third-order valence-corrected chi connectivity index (χ3v) is 5.05. The van der Waals surface area contributed by atoms with Crippen molar-refractivity contribution < 1.29 is 14.7 Å². The number of carboxylic acids is 1. The SMILES string of the molecule is CCN(C(=O)NC1C(C)(C)C1(C)C)C(C)(C)C(=O)O. The number of aliphatic carboxylic acids is 1. The maximum atomic E-state index is 12.3. The topological polar surface area (TPSA) is 69.6 Å². The Morgan fingerprint density at radius 1 is 1.21 bits per heavy atom. The fourth-order valence-corrected chi connectivity index (χ4v) is 2.67. The lowest BCUT2D eigenvalue weighted by atomic mass is 10.0. The van der Waals surface area contributed by atoms with Crippen LogP contribution in [-0.4, -0.2) is 40.1 Å². The van der Waals surface area contributed by atoms with Crippen molar-refractivity contribution in [3.05, 3.63) is 0 Å². The van der Waals surface area contributed by atoms with E-state index in [0.717, 1.165) is 0 Å². The number of carbonyl (C=O) groups is 2. The molecule has 0 aromatic rings. The van der Waals surface area contributed by atoms with Crippen molar-refractivity contribution in [1.29, 1.82) is 0 Å². The quantitative estimate of drug-likeness (QED) is 0.823. The molecule has 1 saturated carbocycles. The van der Waals surface area contributed by atoms with Crippen LogP contribution in [0.25, 0.3) is 0 Å². The van der Waals surface area contributed by atoms with Gasteiger partial charge in [-0.3, -0.25) is 0 Å². The van der Waals surface area contributed by atoms with Crippen LogP contribution >= 0.6 is 0 Å². The lowest BCUT2D eigenvalue weighted by Gasteiger charge is -2.34. The van der Waals surface area contributed by atoms with Gasteiger partial charge in [0.05, 0.1) is 0 Å². The van der Waals surface area contributed by atoms with Crippen molar-refractivity contribution in [1.82, 2.24) is 10.2 Å². The third kappa shape index (κ3) is 2.30. The number of amides is 2. The first kappa shape index (κ1) is 15.8. The summed E-state index contributed by atoms with van der Waals surface area (Å²) >= 11 is 0. The zero-order valence-electron chi connectivity index (χ0n) is 13.0. The fourth-order valence-electron chi connectivity index (χ4n) is 2.67. The van der Waals surface area contributed by atoms with Crippen molar-refractivity contribution >= 4 is 12.0 Å². The zero-order chi connectivity index (χ0) is 15.2. The van der Waals surface area contributed by atoms with Gasteiger partial charge >= 0.3 is 12.0 Å². The molecule has 1 rings (SSSR count). The highest BCUT2D eigenvalue weighted by molar-refractivity contribution is 5.86. The van der Waals surface area contributed by atoms with Gasteiger partial charge in [0, 0.05) is 12.6 Å². The summed E-state index contributed by atoms with van der Waals surface area (Å²) in [6.07, 6.45) is 0. The summed E-state index contributed by atoms with van der Waals surface area (Å²) in [4.78, 5) is 24.9. The molecule has 0 atom stereocenters. The lowest BCUT2D eigenvalue weighted by molar-refractivity contribution is -0.147. The van der Waals surface area contributed by atoms with Crippen molar-refractivity contribution in [3.63, 3.8) is 0 Å². The van der Waals surface area contributed by atoms with Crippen LogP contribution in [-0.2, 0) is 4.79 Å². The minimum Gasteiger partial charge on any atom is -0.480 e. The number of carbonyl (C=O) groups excluding carboxylic acids is 1. The molecule has 0 heterocycles. The molecular formula is C14H26N2O3. The molecule has 0 radical (unpaired) electrons. The summed E-state index contributed by atoms with van der Waals surface area (Å²) in [5, 5.41) is 12.2. The molecule has 0 saturated heterocycles. The Hall–Kier alpha value is -1.26. The number of hydrogen-bond acceptors (Lipinski definition) is 2. The lowest BCUT2D eigenvalue weighted by Crippen LogP contribution is -2.56. The second kappa shape index (κ2) is 4.39. The van der Waals surface area contributed by atoms with E-state index in [1.165, 1.54) is 4.90 Å². The van der Waals surface area contributed by atoms with E-state index in [9.17, 15) is 14.7 Å². The molecule has 0 aromatic carbocycles. The molecule has 110 valence electrons. The summed E-state index contributed by atoms with van der Waals surface area (Å²) in [5.74, 6) is -1.00. The van der Waals surface area contributed by atoms with Gasteiger partial charge in [-0.2, -0.15) is 0 Å². The van der Waals surface area contributed by atoms with Crippen LogP contribution in [0.5, 0.6) is 0 Å². The van der Waals surface area contributed by atoms with Gasteiger partial charge < -0.3 is 15.3 Å². The van der Waals surface area contributed by atoms with Crippen molar-refractivity contribution in [2.45, 2.75) is 60.0 Å². The molecule has 0 unspecified atom stereocenters. The fraction of sp³-hybridized carbons (Fsp3) is 0.857. The minimum absolute atomic E-state index is 0.0371. The molecule has 19 heavy (non-hydrogen) atoms. The van der Waals surface area contributed by atoms with Crippen molar-refractivity contribution in [3.8, 4) is 0 Å². The molecule has 0 bridgehead atoms. The van der Waals surface area contributed by atoms with E-state index < -0.39 is 11.5 Å². The number of hydrogen-bond donors (Lipinski definition) is 2. The minimum atomic E-state index is -1.21. The Bertz CT molecular complexity index is 385. The van der Waals surface area contributed by atoms with E-state index in [-0.39, 0.29) is 22.9 Å². The number of urea groups is 1. The second-order valence-electron chi connectivity index (χ2n) is 6.93. The van der Waals surface area contributed by atoms with Gasteiger partial charge in [0.1, 0.15) is 5.54 Å². The maximum Gasteiger partial charge on any atom is 0.329 e. The summed E-state index contributed by atoms with van der Waals surface area (Å²) in [5.41, 5.74) is -1.13. The monoisotopic (exact) mass is 270 g/mol. The standard InChI is InChI=1S/C14H26N2O3/c1-8-16(14(6,7)10(17)18)11(19)15-9-12(2,3)13(9,4)5/h9H,8H2,1-7H3,(H,15,19)(H,17,18). The first-order chi connectivity index (χ1) is 8.40. The van der Waals surface area contributed by atoms with Gasteiger partial charge in [-0.25, -0.2) is 9.59 Å². The highest BCUT2D eigenvalue weighted by atomic mass is 16.4. The molecule has 2 amide bonds.